The second kappa shape index (κ2) is 14.6. The molecule has 0 saturated carbocycles. The molecule has 1 aromatic heterocycles. The Kier molecular flexibility index (Phi) is 10.6. The Hall–Kier alpha value is -4.81. The van der Waals surface area contributed by atoms with Gasteiger partial charge in [-0.2, -0.15) is 0 Å². The first-order chi connectivity index (χ1) is 21.0. The Morgan fingerprint density at radius 1 is 1.05 bits per heavy atom. The number of hydrogen-bond donors (Lipinski definition) is 2. The second-order valence-corrected chi connectivity index (χ2v) is 10.7. The monoisotopic (exact) mass is 611 g/mol. The van der Waals surface area contributed by atoms with Crippen molar-refractivity contribution < 1.29 is 37.8 Å². The predicted molar refractivity (Wildman–Crippen MR) is 155 cm³/mol. The molecular formula is C31H35F2N5O6. The minimum absolute atomic E-state index is 0.0957. The molecule has 11 nitrogen and oxygen atoms in total. The van der Waals surface area contributed by atoms with E-state index in [1.54, 1.807) is 33.9 Å². The third-order valence-electron chi connectivity index (χ3n) is 7.38. The van der Waals surface area contributed by atoms with Gasteiger partial charge in [0.25, 0.3) is 11.9 Å². The van der Waals surface area contributed by atoms with Crippen LogP contribution in [0.4, 0.5) is 8.78 Å². The number of nitrogens with zero attached hydrogens (tertiary/aromatic N) is 4. The summed E-state index contributed by atoms with van der Waals surface area (Å²) in [6.45, 7) is 3.00. The number of rotatable bonds is 3. The normalized spacial score (nSPS) is 18.6. The van der Waals surface area contributed by atoms with E-state index in [0.29, 0.717) is 49.6 Å². The lowest BCUT2D eigenvalue weighted by molar-refractivity contribution is -0.134. The minimum atomic E-state index is -1.00. The van der Waals surface area contributed by atoms with Crippen LogP contribution in [0.3, 0.4) is 0 Å². The number of aliphatic carboxylic acids is 1. The van der Waals surface area contributed by atoms with Gasteiger partial charge in [0.1, 0.15) is 18.1 Å². The SMILES string of the molecule is CC(=O)O.Cn1cnc(C(=O)N2CCCNC(=O)[C@H]3CN(C(=O)Cc4ccc(F)c(F)c4)C[C@@H]3c3cccc(c3)OCC2)c1. The molecule has 2 aliphatic heterocycles. The number of halogens is 2. The summed E-state index contributed by atoms with van der Waals surface area (Å²) in [4.78, 5) is 55.9. The zero-order valence-electron chi connectivity index (χ0n) is 24.5. The van der Waals surface area contributed by atoms with Crippen molar-refractivity contribution in [2.45, 2.75) is 25.7 Å². The maximum absolute atomic E-state index is 13.7. The van der Waals surface area contributed by atoms with Gasteiger partial charge in [0.15, 0.2) is 11.6 Å². The third-order valence-corrected chi connectivity index (χ3v) is 7.38. The molecule has 3 amide bonds. The molecule has 2 atom stereocenters. The molecule has 234 valence electrons. The van der Waals surface area contributed by atoms with Gasteiger partial charge in [-0.05, 0) is 41.8 Å². The van der Waals surface area contributed by atoms with Crippen LogP contribution < -0.4 is 10.1 Å². The number of ether oxygens (including phenoxy) is 1. The molecule has 2 N–H and O–H groups in total. The van der Waals surface area contributed by atoms with Crippen molar-refractivity contribution in [3.63, 3.8) is 0 Å². The fourth-order valence-electron chi connectivity index (χ4n) is 5.27. The highest BCUT2D eigenvalue weighted by atomic mass is 19.2. The maximum Gasteiger partial charge on any atom is 0.300 e. The quantitative estimate of drug-likeness (QED) is 0.465. The lowest BCUT2D eigenvalue weighted by atomic mass is 9.88. The first-order valence-corrected chi connectivity index (χ1v) is 14.2. The number of carboxylic acid groups (broad SMARTS) is 1. The van der Waals surface area contributed by atoms with E-state index in [1.165, 1.54) is 6.07 Å². The van der Waals surface area contributed by atoms with E-state index < -0.39 is 23.5 Å². The number of carbonyl (C=O) groups is 4. The summed E-state index contributed by atoms with van der Waals surface area (Å²) in [6.07, 6.45) is 3.68. The van der Waals surface area contributed by atoms with Gasteiger partial charge in [-0.3, -0.25) is 19.2 Å². The van der Waals surface area contributed by atoms with E-state index in [1.807, 2.05) is 24.3 Å². The standard InChI is InChI=1S/C29H31F2N5O4.C2H4O2/c1-34-17-26(33-18-34)29(39)35-9-3-8-32-28(38)23-16-36(27(37)13-19-6-7-24(30)25(31)12-19)15-22(23)20-4-2-5-21(14-20)40-11-10-35;1-2(3)4/h2,4-7,12,14,17-18,22-23H,3,8-11,13,15-16H2,1H3,(H,32,38);1H3,(H,3,4)/t22-,23+;/m1./s1. The number of carboxylic acids is 1. The van der Waals surface area contributed by atoms with Crippen molar-refractivity contribution in [1.82, 2.24) is 24.7 Å². The fraction of sp³-hybridized carbons (Fsp3) is 0.387. The van der Waals surface area contributed by atoms with Gasteiger partial charge in [-0.1, -0.05) is 18.2 Å². The van der Waals surface area contributed by atoms with Crippen LogP contribution in [-0.4, -0.2) is 87.5 Å². The molecule has 2 aliphatic rings. The number of carbonyl (C=O) groups excluding carboxylic acids is 3. The number of fused-ring (bicyclic) bond motifs is 4. The van der Waals surface area contributed by atoms with Crippen molar-refractivity contribution in [3.05, 3.63) is 83.4 Å². The van der Waals surface area contributed by atoms with Crippen LogP contribution in [0.15, 0.2) is 55.0 Å². The van der Waals surface area contributed by atoms with Crippen LogP contribution in [0.5, 0.6) is 5.75 Å². The van der Waals surface area contributed by atoms with Crippen molar-refractivity contribution in [2.75, 3.05) is 39.3 Å². The number of benzene rings is 2. The zero-order chi connectivity index (χ0) is 31.8. The van der Waals surface area contributed by atoms with E-state index in [-0.39, 0.29) is 43.2 Å². The van der Waals surface area contributed by atoms with Gasteiger partial charge in [0, 0.05) is 52.3 Å². The van der Waals surface area contributed by atoms with E-state index in [2.05, 4.69) is 10.3 Å². The van der Waals surface area contributed by atoms with Gasteiger partial charge < -0.3 is 29.5 Å². The van der Waals surface area contributed by atoms with Crippen molar-refractivity contribution >= 4 is 23.7 Å². The van der Waals surface area contributed by atoms with Crippen molar-refractivity contribution in [3.8, 4) is 5.75 Å². The molecular weight excluding hydrogens is 576 g/mol. The largest absolute Gasteiger partial charge is 0.492 e. The average Bonchev–Trinajstić information content (AvgIpc) is 3.62. The maximum atomic E-state index is 13.7. The molecule has 1 saturated heterocycles. The summed E-state index contributed by atoms with van der Waals surface area (Å²) < 4.78 is 34.7. The Morgan fingerprint density at radius 3 is 2.50 bits per heavy atom. The highest BCUT2D eigenvalue weighted by molar-refractivity contribution is 5.92. The summed E-state index contributed by atoms with van der Waals surface area (Å²) >= 11 is 0. The van der Waals surface area contributed by atoms with Crippen molar-refractivity contribution in [1.29, 1.82) is 0 Å². The van der Waals surface area contributed by atoms with Gasteiger partial charge in [0.2, 0.25) is 11.8 Å². The van der Waals surface area contributed by atoms with E-state index in [4.69, 9.17) is 14.6 Å². The molecule has 0 aliphatic carbocycles. The zero-order valence-corrected chi connectivity index (χ0v) is 24.5. The lowest BCUT2D eigenvalue weighted by Crippen LogP contribution is -2.39. The molecule has 3 aromatic rings. The summed E-state index contributed by atoms with van der Waals surface area (Å²) in [5, 5.41) is 10.4. The third kappa shape index (κ3) is 8.39. The first-order valence-electron chi connectivity index (χ1n) is 14.2. The molecule has 1 fully saturated rings. The Morgan fingerprint density at radius 2 is 1.80 bits per heavy atom. The Bertz CT molecular complexity index is 1510. The van der Waals surface area contributed by atoms with Gasteiger partial charge in [-0.25, -0.2) is 13.8 Å². The van der Waals surface area contributed by atoms with Gasteiger partial charge in [0.05, 0.1) is 25.2 Å². The molecule has 44 heavy (non-hydrogen) atoms. The Labute approximate surface area is 253 Å². The number of amides is 3. The van der Waals surface area contributed by atoms with Crippen LogP contribution in [-0.2, 0) is 27.9 Å². The molecule has 3 heterocycles. The number of nitrogens with one attached hydrogen (secondary N) is 1. The number of likely N-dealkylation sites (tertiary alicyclic amines) is 1. The highest BCUT2D eigenvalue weighted by Crippen LogP contribution is 2.35. The van der Waals surface area contributed by atoms with E-state index in [9.17, 15) is 23.2 Å². The molecule has 0 spiro atoms. The molecule has 2 bridgehead atoms. The van der Waals surface area contributed by atoms with Crippen LogP contribution in [0, 0.1) is 17.6 Å². The summed E-state index contributed by atoms with van der Waals surface area (Å²) in [5.41, 5.74) is 1.57. The number of hydrogen-bond acceptors (Lipinski definition) is 6. The molecule has 13 heteroatoms. The Balaban J connectivity index is 0.00000104. The predicted octanol–water partition coefficient (Wildman–Crippen LogP) is 2.62. The topological polar surface area (TPSA) is 134 Å². The molecule has 0 radical (unpaired) electrons. The molecule has 2 aromatic carbocycles. The lowest BCUT2D eigenvalue weighted by Gasteiger charge is -2.24. The summed E-state index contributed by atoms with van der Waals surface area (Å²) in [5.74, 6) is -3.62. The van der Waals surface area contributed by atoms with Crippen LogP contribution in [0.1, 0.15) is 40.9 Å². The second-order valence-electron chi connectivity index (χ2n) is 10.7. The number of imidazole rings is 1. The first kappa shape index (κ1) is 32.1. The van der Waals surface area contributed by atoms with Crippen molar-refractivity contribution in [2.24, 2.45) is 13.0 Å². The van der Waals surface area contributed by atoms with E-state index >= 15 is 0 Å². The average molecular weight is 612 g/mol. The number of aromatic nitrogens is 2. The van der Waals surface area contributed by atoms with E-state index in [0.717, 1.165) is 24.6 Å². The van der Waals surface area contributed by atoms with Crippen LogP contribution in [0.25, 0.3) is 0 Å². The smallest absolute Gasteiger partial charge is 0.300 e. The van der Waals surface area contributed by atoms with Crippen LogP contribution in [0.2, 0.25) is 0 Å². The van der Waals surface area contributed by atoms with Crippen LogP contribution >= 0.6 is 0 Å². The number of aryl methyl sites for hydroxylation is 1. The fourth-order valence-corrected chi connectivity index (χ4v) is 5.27. The summed E-state index contributed by atoms with van der Waals surface area (Å²) in [7, 11) is 1.80. The molecule has 5 rings (SSSR count). The van der Waals surface area contributed by atoms with Gasteiger partial charge >= 0.3 is 0 Å². The summed E-state index contributed by atoms with van der Waals surface area (Å²) in [6, 6.07) is 10.8. The van der Waals surface area contributed by atoms with Gasteiger partial charge in [-0.15, -0.1) is 0 Å². The highest BCUT2D eigenvalue weighted by Gasteiger charge is 2.40. The molecule has 0 unspecified atom stereocenters. The minimum Gasteiger partial charge on any atom is -0.492 e.